The average molecular weight is 263 g/mol. The van der Waals surface area contributed by atoms with Crippen LogP contribution in [0.25, 0.3) is 0 Å². The third-order valence-corrected chi connectivity index (χ3v) is 3.65. The lowest BCUT2D eigenvalue weighted by atomic mass is 10.4. The molecule has 94 valence electrons. The van der Waals surface area contributed by atoms with E-state index in [1.54, 1.807) is 6.92 Å². The van der Waals surface area contributed by atoms with Crippen molar-refractivity contribution in [3.63, 3.8) is 0 Å². The maximum Gasteiger partial charge on any atom is 0.396 e. The van der Waals surface area contributed by atoms with Crippen molar-refractivity contribution >= 4 is 17.6 Å². The Labute approximate surface area is 109 Å². The van der Waals surface area contributed by atoms with Gasteiger partial charge in [0.05, 0.1) is 0 Å². The number of hydrogen-bond donors (Lipinski definition) is 0. The Hall–Kier alpha value is -1.82. The van der Waals surface area contributed by atoms with Crippen molar-refractivity contribution in [2.45, 2.75) is 30.3 Å². The molecule has 5 nitrogen and oxygen atoms in total. The zero-order valence-electron chi connectivity index (χ0n) is 10.2. The largest absolute Gasteiger partial charge is 0.396 e. The molecule has 0 atom stereocenters. The Morgan fingerprint density at radius 2 is 2.06 bits per heavy atom. The summed E-state index contributed by atoms with van der Waals surface area (Å²) >= 11 is 1.37. The predicted octanol–water partition coefficient (Wildman–Crippen LogP) is 3.27. The van der Waals surface area contributed by atoms with Crippen LogP contribution in [0.2, 0.25) is 0 Å². The zero-order valence-corrected chi connectivity index (χ0v) is 11.0. The van der Waals surface area contributed by atoms with Gasteiger partial charge in [-0.3, -0.25) is 4.57 Å². The maximum absolute atomic E-state index is 11.0. The Morgan fingerprint density at radius 1 is 1.39 bits per heavy atom. The van der Waals surface area contributed by atoms with Gasteiger partial charge in [-0.25, -0.2) is 0 Å². The molecule has 0 aliphatic rings. The van der Waals surface area contributed by atoms with E-state index in [2.05, 4.69) is 4.98 Å². The molecule has 0 aliphatic heterocycles. The normalized spacial score (nSPS) is 10.6. The minimum Gasteiger partial charge on any atom is -0.358 e. The number of nitrogens with zero attached hydrogens (tertiary/aromatic N) is 3. The molecule has 6 heteroatoms. The van der Waals surface area contributed by atoms with Crippen molar-refractivity contribution in [3.8, 4) is 0 Å². The van der Waals surface area contributed by atoms with Crippen LogP contribution in [0.1, 0.15) is 12.7 Å². The molecule has 0 spiro atoms. The van der Waals surface area contributed by atoms with Crippen LogP contribution in [-0.2, 0) is 6.54 Å². The molecule has 0 fully saturated rings. The molecular weight excluding hydrogens is 250 g/mol. The number of aromatic nitrogens is 2. The number of imidazole rings is 1. The number of benzene rings is 1. The van der Waals surface area contributed by atoms with Crippen LogP contribution in [0.15, 0.2) is 40.3 Å². The van der Waals surface area contributed by atoms with Crippen LogP contribution in [0.4, 0.5) is 5.82 Å². The van der Waals surface area contributed by atoms with Gasteiger partial charge < -0.3 is 10.1 Å². The molecule has 2 rings (SSSR count). The van der Waals surface area contributed by atoms with Crippen LogP contribution in [0.3, 0.4) is 0 Å². The van der Waals surface area contributed by atoms with Crippen LogP contribution < -0.4 is 0 Å². The molecular formula is C12H13N3O2S. The Morgan fingerprint density at radius 3 is 2.61 bits per heavy atom. The van der Waals surface area contributed by atoms with E-state index in [-0.39, 0.29) is 5.82 Å². The summed E-state index contributed by atoms with van der Waals surface area (Å²) < 4.78 is 1.86. The van der Waals surface area contributed by atoms with E-state index in [0.717, 1.165) is 4.90 Å². The van der Waals surface area contributed by atoms with E-state index in [1.165, 1.54) is 11.8 Å². The highest BCUT2D eigenvalue weighted by atomic mass is 32.2. The third kappa shape index (κ3) is 2.38. The molecule has 0 bridgehead atoms. The van der Waals surface area contributed by atoms with Gasteiger partial charge in [-0.2, -0.15) is 0 Å². The lowest BCUT2D eigenvalue weighted by molar-refractivity contribution is -0.392. The van der Waals surface area contributed by atoms with Gasteiger partial charge in [0.15, 0.2) is 5.03 Å². The summed E-state index contributed by atoms with van der Waals surface area (Å²) in [5.41, 5.74) is 0. The zero-order chi connectivity index (χ0) is 13.1. The van der Waals surface area contributed by atoms with Gasteiger partial charge in [0.2, 0.25) is 5.82 Å². The molecule has 2 aromatic rings. The fourth-order valence-electron chi connectivity index (χ4n) is 1.72. The van der Waals surface area contributed by atoms with E-state index in [9.17, 15) is 10.1 Å². The monoisotopic (exact) mass is 263 g/mol. The molecule has 1 heterocycles. The third-order valence-electron chi connectivity index (χ3n) is 2.54. The fourth-order valence-corrected chi connectivity index (χ4v) is 2.82. The van der Waals surface area contributed by atoms with Gasteiger partial charge in [-0.1, -0.05) is 30.0 Å². The summed E-state index contributed by atoms with van der Waals surface area (Å²) in [6, 6.07) is 9.59. The topological polar surface area (TPSA) is 61.0 Å². The van der Waals surface area contributed by atoms with Crippen molar-refractivity contribution in [1.82, 2.24) is 9.55 Å². The summed E-state index contributed by atoms with van der Waals surface area (Å²) in [6.45, 7) is 4.40. The predicted molar refractivity (Wildman–Crippen MR) is 69.9 cm³/mol. The van der Waals surface area contributed by atoms with Gasteiger partial charge in [-0.05, 0) is 29.0 Å². The highest BCUT2D eigenvalue weighted by Crippen LogP contribution is 2.35. The molecule has 1 aromatic heterocycles. The molecule has 0 radical (unpaired) electrons. The summed E-state index contributed by atoms with van der Waals surface area (Å²) in [5.74, 6) is 0.603. The minimum atomic E-state index is -0.426. The maximum atomic E-state index is 11.0. The molecule has 0 amide bonds. The first-order valence-corrected chi connectivity index (χ1v) is 6.39. The summed E-state index contributed by atoms with van der Waals surface area (Å²) in [4.78, 5) is 15.6. The Kier molecular flexibility index (Phi) is 3.66. The van der Waals surface area contributed by atoms with E-state index < -0.39 is 4.92 Å². The quantitative estimate of drug-likeness (QED) is 0.627. The Bertz CT molecular complexity index is 566. The van der Waals surface area contributed by atoms with Gasteiger partial charge in [0.25, 0.3) is 0 Å². The number of nitro groups is 1. The lowest BCUT2D eigenvalue weighted by Gasteiger charge is -2.04. The van der Waals surface area contributed by atoms with Crippen LogP contribution >= 0.6 is 11.8 Å². The first kappa shape index (κ1) is 12.6. The summed E-state index contributed by atoms with van der Waals surface area (Å²) in [6.07, 6.45) is 0. The van der Waals surface area contributed by atoms with E-state index in [1.807, 2.05) is 41.8 Å². The van der Waals surface area contributed by atoms with Gasteiger partial charge in [0, 0.05) is 18.4 Å². The van der Waals surface area contributed by atoms with Gasteiger partial charge in [0.1, 0.15) is 0 Å². The van der Waals surface area contributed by atoms with Crippen LogP contribution in [0.5, 0.6) is 0 Å². The second kappa shape index (κ2) is 5.22. The standard InChI is InChI=1S/C12H13N3O2S/c1-3-14-9(2)13-11(15(16)17)12(14)18-10-7-5-4-6-8-10/h4-8H,3H2,1-2H3. The fraction of sp³-hybridized carbons (Fsp3) is 0.250. The molecule has 0 saturated carbocycles. The number of hydrogen-bond acceptors (Lipinski definition) is 4. The number of aryl methyl sites for hydroxylation is 1. The molecule has 0 aliphatic carbocycles. The Balaban J connectivity index is 2.45. The first-order chi connectivity index (χ1) is 8.63. The summed E-state index contributed by atoms with van der Waals surface area (Å²) in [5, 5.41) is 11.6. The van der Waals surface area contributed by atoms with E-state index in [0.29, 0.717) is 17.4 Å². The van der Waals surface area contributed by atoms with Crippen molar-refractivity contribution in [3.05, 3.63) is 46.3 Å². The summed E-state index contributed by atoms with van der Waals surface area (Å²) in [7, 11) is 0. The smallest absolute Gasteiger partial charge is 0.358 e. The van der Waals surface area contributed by atoms with Crippen LogP contribution in [0, 0.1) is 17.0 Å². The molecule has 18 heavy (non-hydrogen) atoms. The lowest BCUT2D eigenvalue weighted by Crippen LogP contribution is -1.99. The average Bonchev–Trinajstić information content (AvgIpc) is 2.67. The SMILES string of the molecule is CCn1c(C)nc([N+](=O)[O-])c1Sc1ccccc1. The first-order valence-electron chi connectivity index (χ1n) is 5.58. The van der Waals surface area contributed by atoms with Crippen molar-refractivity contribution in [2.75, 3.05) is 0 Å². The molecule has 0 unspecified atom stereocenters. The van der Waals surface area contributed by atoms with E-state index in [4.69, 9.17) is 0 Å². The highest BCUT2D eigenvalue weighted by molar-refractivity contribution is 7.99. The van der Waals surface area contributed by atoms with Crippen molar-refractivity contribution < 1.29 is 4.92 Å². The van der Waals surface area contributed by atoms with Gasteiger partial charge >= 0.3 is 5.82 Å². The minimum absolute atomic E-state index is 0.0665. The van der Waals surface area contributed by atoms with Crippen molar-refractivity contribution in [2.24, 2.45) is 0 Å². The van der Waals surface area contributed by atoms with Crippen LogP contribution in [-0.4, -0.2) is 14.5 Å². The highest BCUT2D eigenvalue weighted by Gasteiger charge is 2.25. The second-order valence-electron chi connectivity index (χ2n) is 3.70. The molecule has 0 saturated heterocycles. The van der Waals surface area contributed by atoms with Crippen molar-refractivity contribution in [1.29, 1.82) is 0 Å². The molecule has 0 N–H and O–H groups in total. The van der Waals surface area contributed by atoms with Gasteiger partial charge in [-0.15, -0.1) is 0 Å². The van der Waals surface area contributed by atoms with E-state index >= 15 is 0 Å². The molecule has 1 aromatic carbocycles. The number of rotatable bonds is 4. The second-order valence-corrected chi connectivity index (χ2v) is 4.77.